The molecule has 308 valence electrons. The molecule has 61 heavy (non-hydrogen) atoms. The van der Waals surface area contributed by atoms with Crippen LogP contribution in [0.4, 0.5) is 5.69 Å². The summed E-state index contributed by atoms with van der Waals surface area (Å²) in [5, 5.41) is 6.71. The maximum Gasteiger partial charge on any atom is 0.341 e. The third-order valence-corrected chi connectivity index (χ3v) is 12.3. The number of piperazine rings is 1. The van der Waals surface area contributed by atoms with E-state index in [1.54, 1.807) is 0 Å². The molecule has 0 saturated carbocycles. The van der Waals surface area contributed by atoms with Gasteiger partial charge in [0.2, 0.25) is 0 Å². The lowest BCUT2D eigenvalue weighted by Gasteiger charge is -2.39. The zero-order valence-electron chi connectivity index (χ0n) is 34.8. The van der Waals surface area contributed by atoms with Crippen molar-refractivity contribution in [2.45, 2.75) is 31.4 Å². The fourth-order valence-corrected chi connectivity index (χ4v) is 9.10. The average Bonchev–Trinajstić information content (AvgIpc) is 3.74. The summed E-state index contributed by atoms with van der Waals surface area (Å²) < 4.78 is 20.5. The highest BCUT2D eigenvalue weighted by atomic mass is 35.5. The van der Waals surface area contributed by atoms with E-state index in [1.165, 1.54) is 23.8 Å². The minimum atomic E-state index is -0.808. The molecule has 3 heterocycles. The highest BCUT2D eigenvalue weighted by Crippen LogP contribution is 2.44. The van der Waals surface area contributed by atoms with Crippen molar-refractivity contribution in [3.63, 3.8) is 0 Å². The van der Waals surface area contributed by atoms with Gasteiger partial charge in [-0.3, -0.25) is 4.90 Å². The smallest absolute Gasteiger partial charge is 0.341 e. The number of carbonyl (C=O) groups excluding carboxylic acids is 1. The van der Waals surface area contributed by atoms with Crippen molar-refractivity contribution >= 4 is 39.7 Å². The topological polar surface area (TPSA) is 69.1 Å². The largest absolute Gasteiger partial charge is 0.465 e. The molecule has 8 nitrogen and oxygen atoms in total. The van der Waals surface area contributed by atoms with Crippen molar-refractivity contribution in [3.05, 3.63) is 196 Å². The fourth-order valence-electron chi connectivity index (χ4n) is 8.98. The number of carbonyl (C=O) groups is 1. The first-order chi connectivity index (χ1) is 29.7. The first kappa shape index (κ1) is 40.2. The van der Waals surface area contributed by atoms with E-state index in [-0.39, 0.29) is 5.60 Å². The number of rotatable bonds is 11. The van der Waals surface area contributed by atoms with E-state index in [0.717, 1.165) is 77.4 Å². The van der Waals surface area contributed by atoms with Crippen LogP contribution in [0.2, 0.25) is 5.02 Å². The zero-order valence-corrected chi connectivity index (χ0v) is 35.5. The van der Waals surface area contributed by atoms with Crippen molar-refractivity contribution in [1.82, 2.24) is 14.7 Å². The van der Waals surface area contributed by atoms with Crippen molar-refractivity contribution in [3.8, 4) is 11.5 Å². The van der Waals surface area contributed by atoms with Gasteiger partial charge in [0.25, 0.3) is 0 Å². The van der Waals surface area contributed by atoms with Gasteiger partial charge in [0.15, 0.2) is 0 Å². The lowest BCUT2D eigenvalue weighted by Crippen LogP contribution is -2.47. The Hall–Kier alpha value is -6.19. The summed E-state index contributed by atoms with van der Waals surface area (Å²) >= 11 is 6.25. The van der Waals surface area contributed by atoms with Gasteiger partial charge in [0, 0.05) is 55.9 Å². The number of anilines is 1. The molecular formula is C52H49ClN4O4. The van der Waals surface area contributed by atoms with E-state index in [4.69, 9.17) is 30.9 Å². The molecule has 0 bridgehead atoms. The number of hydrogen-bond donors (Lipinski definition) is 0. The molecule has 2 aliphatic heterocycles. The Labute approximate surface area is 362 Å². The van der Waals surface area contributed by atoms with E-state index < -0.39 is 11.5 Å². The molecule has 1 fully saturated rings. The fraction of sp³-hybridized carbons (Fsp3) is 0.231. The summed E-state index contributed by atoms with van der Waals surface area (Å²) in [5.74, 6) is 0.543. The lowest BCUT2D eigenvalue weighted by molar-refractivity contribution is -0.0101. The monoisotopic (exact) mass is 828 g/mol. The summed E-state index contributed by atoms with van der Waals surface area (Å²) in [6, 6.07) is 51.4. The predicted octanol–water partition coefficient (Wildman–Crippen LogP) is 10.9. The lowest BCUT2D eigenvalue weighted by atomic mass is 9.77. The van der Waals surface area contributed by atoms with Gasteiger partial charge in [-0.1, -0.05) is 121 Å². The Morgan fingerprint density at radius 2 is 1.38 bits per heavy atom. The molecule has 0 atom stereocenters. The molecular weight excluding hydrogens is 780 g/mol. The number of nitrogens with zero attached hydrogens (tertiary/aromatic N) is 4. The second kappa shape index (κ2) is 17.1. The van der Waals surface area contributed by atoms with Crippen LogP contribution in [0, 0.1) is 0 Å². The van der Waals surface area contributed by atoms with E-state index >= 15 is 0 Å². The number of benzene rings is 6. The van der Waals surface area contributed by atoms with Crippen LogP contribution >= 0.6 is 11.6 Å². The summed E-state index contributed by atoms with van der Waals surface area (Å²) in [6.45, 7) is 9.15. The molecule has 0 spiro atoms. The molecule has 0 unspecified atom stereocenters. The van der Waals surface area contributed by atoms with Gasteiger partial charge in [-0.15, -0.1) is 0 Å². The van der Waals surface area contributed by atoms with Crippen molar-refractivity contribution in [1.29, 1.82) is 0 Å². The molecule has 7 aromatic rings. The third-order valence-electron chi connectivity index (χ3n) is 12.1. The second-order valence-corrected chi connectivity index (χ2v) is 16.8. The third kappa shape index (κ3) is 7.95. The Morgan fingerprint density at radius 3 is 1.98 bits per heavy atom. The molecule has 1 aromatic heterocycles. The first-order valence-corrected chi connectivity index (χ1v) is 21.2. The molecule has 2 aliphatic rings. The summed E-state index contributed by atoms with van der Waals surface area (Å²) in [7, 11) is 1.40. The number of methoxy groups -OCH3 is 1. The highest BCUT2D eigenvalue weighted by molar-refractivity contribution is 6.30. The van der Waals surface area contributed by atoms with Crippen LogP contribution in [-0.2, 0) is 15.0 Å². The molecule has 0 aliphatic carbocycles. The van der Waals surface area contributed by atoms with E-state index in [1.807, 2.05) is 66.9 Å². The van der Waals surface area contributed by atoms with Gasteiger partial charge in [0.1, 0.15) is 22.6 Å². The van der Waals surface area contributed by atoms with E-state index in [2.05, 4.69) is 119 Å². The van der Waals surface area contributed by atoms with Gasteiger partial charge < -0.3 is 19.1 Å². The molecule has 9 heteroatoms. The Bertz CT molecular complexity index is 2580. The number of esters is 1. The minimum Gasteiger partial charge on any atom is -0.465 e. The highest BCUT2D eigenvalue weighted by Gasteiger charge is 2.40. The van der Waals surface area contributed by atoms with E-state index in [9.17, 15) is 4.79 Å². The van der Waals surface area contributed by atoms with Crippen molar-refractivity contribution in [2.75, 3.05) is 51.3 Å². The van der Waals surface area contributed by atoms with Gasteiger partial charge in [-0.05, 0) is 83.6 Å². The van der Waals surface area contributed by atoms with Crippen LogP contribution in [0.15, 0.2) is 163 Å². The molecule has 9 rings (SSSR count). The van der Waals surface area contributed by atoms with Crippen molar-refractivity contribution < 1.29 is 19.0 Å². The van der Waals surface area contributed by atoms with E-state index in [0.29, 0.717) is 23.7 Å². The van der Waals surface area contributed by atoms with Crippen molar-refractivity contribution in [2.24, 2.45) is 0 Å². The van der Waals surface area contributed by atoms with Crippen LogP contribution in [0.1, 0.15) is 52.9 Å². The second-order valence-electron chi connectivity index (χ2n) is 16.4. The standard InChI is InChI=1S/C52H49ClN4O4/c1-51(2)33-45(37-22-24-42(53)25-23-37)38(36-60-51)35-55-28-30-56(31-29-55)43-26-27-44(50(58)59-3)49(32-43)61-48-21-13-20-47-46(48)34-54-57(47)52(39-14-7-4-8-15-39,40-16-9-5-10-17-40)41-18-11-6-12-19-41/h4-27,32,34H,28-31,33,35-36H2,1-3H3. The normalized spacial score (nSPS) is 15.8. The Morgan fingerprint density at radius 1 is 0.754 bits per heavy atom. The van der Waals surface area contributed by atoms with Gasteiger partial charge in [-0.2, -0.15) is 5.10 Å². The van der Waals surface area contributed by atoms with Gasteiger partial charge in [-0.25, -0.2) is 9.48 Å². The molecule has 0 N–H and O–H groups in total. The quantitative estimate of drug-likeness (QED) is 0.0950. The number of ether oxygens (including phenoxy) is 3. The average molecular weight is 829 g/mol. The van der Waals surface area contributed by atoms with Crippen LogP contribution in [0.25, 0.3) is 16.5 Å². The summed E-state index contributed by atoms with van der Waals surface area (Å²) in [5.41, 5.74) is 8.25. The predicted molar refractivity (Wildman–Crippen MR) is 244 cm³/mol. The van der Waals surface area contributed by atoms with Gasteiger partial charge >= 0.3 is 5.97 Å². The number of halogens is 1. The van der Waals surface area contributed by atoms with Crippen LogP contribution < -0.4 is 9.64 Å². The minimum absolute atomic E-state index is 0.226. The maximum absolute atomic E-state index is 13.2. The molecule has 0 amide bonds. The number of hydrogen-bond acceptors (Lipinski definition) is 7. The van der Waals surface area contributed by atoms with Gasteiger partial charge in [0.05, 0.1) is 36.4 Å². The maximum atomic E-state index is 13.2. The molecule has 1 saturated heterocycles. The molecule has 0 radical (unpaired) electrons. The Kier molecular flexibility index (Phi) is 11.2. The Balaban J connectivity index is 1.02. The SMILES string of the molecule is COC(=O)c1ccc(N2CCN(CC3=C(c4ccc(Cl)cc4)CC(C)(C)OC3)CC2)cc1Oc1cccc2c1cnn2C(c1ccccc1)(c1ccccc1)c1ccccc1. The summed E-state index contributed by atoms with van der Waals surface area (Å²) in [4.78, 5) is 18.1. The zero-order chi connectivity index (χ0) is 42.0. The molecule has 6 aromatic carbocycles. The first-order valence-electron chi connectivity index (χ1n) is 20.9. The summed E-state index contributed by atoms with van der Waals surface area (Å²) in [6.07, 6.45) is 2.71. The van der Waals surface area contributed by atoms with Crippen LogP contribution in [-0.4, -0.2) is 72.7 Å². The number of aromatic nitrogens is 2. The van der Waals surface area contributed by atoms with Crippen LogP contribution in [0.3, 0.4) is 0 Å². The number of fused-ring (bicyclic) bond motifs is 1. The van der Waals surface area contributed by atoms with Crippen LogP contribution in [0.5, 0.6) is 11.5 Å².